The summed E-state index contributed by atoms with van der Waals surface area (Å²) in [7, 11) is 0. The molecule has 2 N–H and O–H groups in total. The van der Waals surface area contributed by atoms with Crippen LogP contribution in [0.25, 0.3) is 17.4 Å². The minimum Gasteiger partial charge on any atom is -0.478 e. The van der Waals surface area contributed by atoms with Gasteiger partial charge in [0.25, 0.3) is 11.8 Å². The molecule has 0 saturated carbocycles. The molecule has 0 atom stereocenters. The van der Waals surface area contributed by atoms with Crippen LogP contribution in [0.4, 0.5) is 18.9 Å². The van der Waals surface area contributed by atoms with E-state index in [9.17, 15) is 27.6 Å². The summed E-state index contributed by atoms with van der Waals surface area (Å²) in [6.45, 7) is 0. The highest BCUT2D eigenvalue weighted by Gasteiger charge is 2.35. The lowest BCUT2D eigenvalue weighted by Gasteiger charge is -2.28. The molecule has 2 heterocycles. The van der Waals surface area contributed by atoms with Crippen LogP contribution in [-0.2, 0) is 15.8 Å². The van der Waals surface area contributed by atoms with E-state index in [-0.39, 0.29) is 39.0 Å². The number of halogens is 3. The van der Waals surface area contributed by atoms with Crippen LogP contribution in [0.1, 0.15) is 21.7 Å². The van der Waals surface area contributed by atoms with E-state index in [1.54, 1.807) is 0 Å². The van der Waals surface area contributed by atoms with Crippen LogP contribution in [0.15, 0.2) is 70.7 Å². The van der Waals surface area contributed by atoms with Gasteiger partial charge in [0, 0.05) is 5.56 Å². The number of furan rings is 1. The van der Waals surface area contributed by atoms with Gasteiger partial charge in [-0.25, -0.2) is 4.79 Å². The maximum Gasteiger partial charge on any atom is 0.416 e. The maximum atomic E-state index is 13.0. The molecule has 1 aliphatic heterocycles. The van der Waals surface area contributed by atoms with Crippen molar-refractivity contribution in [1.82, 2.24) is 5.32 Å². The molecule has 1 saturated heterocycles. The van der Waals surface area contributed by atoms with Gasteiger partial charge >= 0.3 is 12.1 Å². The zero-order valence-corrected chi connectivity index (χ0v) is 17.7. The van der Waals surface area contributed by atoms with Crippen LogP contribution in [0.2, 0.25) is 0 Å². The predicted molar refractivity (Wildman–Crippen MR) is 119 cm³/mol. The number of carboxylic acids is 1. The molecule has 0 radical (unpaired) electrons. The number of hydrogen-bond acceptors (Lipinski definition) is 5. The number of carboxylic acid groups (broad SMARTS) is 1. The number of nitrogens with zero attached hydrogens (tertiary/aromatic N) is 1. The Labute approximate surface area is 195 Å². The van der Waals surface area contributed by atoms with E-state index in [4.69, 9.17) is 21.7 Å². The highest BCUT2D eigenvalue weighted by atomic mass is 32.1. The normalized spacial score (nSPS) is 15.6. The second-order valence-electron chi connectivity index (χ2n) is 7.09. The summed E-state index contributed by atoms with van der Waals surface area (Å²) in [5, 5.41) is 11.2. The third kappa shape index (κ3) is 4.46. The smallest absolute Gasteiger partial charge is 0.416 e. The van der Waals surface area contributed by atoms with E-state index in [1.807, 2.05) is 0 Å². The molecule has 0 bridgehead atoms. The molecule has 4 rings (SSSR count). The van der Waals surface area contributed by atoms with Crippen LogP contribution in [0, 0.1) is 0 Å². The van der Waals surface area contributed by atoms with Gasteiger partial charge in [0.2, 0.25) is 0 Å². The molecule has 0 unspecified atom stereocenters. The summed E-state index contributed by atoms with van der Waals surface area (Å²) in [5.74, 6) is -2.56. The second-order valence-corrected chi connectivity index (χ2v) is 7.48. The lowest BCUT2D eigenvalue weighted by molar-refractivity contribution is -0.137. The summed E-state index contributed by atoms with van der Waals surface area (Å²) < 4.78 is 44.5. The Morgan fingerprint density at radius 2 is 1.76 bits per heavy atom. The number of benzene rings is 2. The number of aromatic carboxylic acids is 1. The fourth-order valence-electron chi connectivity index (χ4n) is 3.22. The number of thiocarbonyl (C=S) groups is 1. The third-order valence-corrected chi connectivity index (χ3v) is 5.15. The fraction of sp³-hybridized carbons (Fsp3) is 0.0435. The average Bonchev–Trinajstić information content (AvgIpc) is 3.25. The highest BCUT2D eigenvalue weighted by molar-refractivity contribution is 7.80. The van der Waals surface area contributed by atoms with Gasteiger partial charge in [-0.2, -0.15) is 13.2 Å². The Morgan fingerprint density at radius 1 is 1.06 bits per heavy atom. The zero-order valence-electron chi connectivity index (χ0n) is 16.9. The second kappa shape index (κ2) is 8.60. The van der Waals surface area contributed by atoms with E-state index in [0.29, 0.717) is 0 Å². The Kier molecular flexibility index (Phi) is 5.80. The Balaban J connectivity index is 1.64. The van der Waals surface area contributed by atoms with Gasteiger partial charge in [0.1, 0.15) is 17.1 Å². The molecule has 3 aromatic rings. The summed E-state index contributed by atoms with van der Waals surface area (Å²) >= 11 is 5.09. The number of alkyl halides is 3. The van der Waals surface area contributed by atoms with Gasteiger partial charge in [-0.05, 0) is 66.8 Å². The molecule has 1 aliphatic rings. The van der Waals surface area contributed by atoms with Gasteiger partial charge < -0.3 is 9.52 Å². The number of rotatable bonds is 4. The first-order chi connectivity index (χ1) is 16.0. The van der Waals surface area contributed by atoms with Crippen LogP contribution in [0.3, 0.4) is 0 Å². The molecule has 0 aliphatic carbocycles. The zero-order chi connectivity index (χ0) is 24.6. The summed E-state index contributed by atoms with van der Waals surface area (Å²) in [6.07, 6.45) is -3.38. The molecular formula is C23H13F3N2O5S. The molecule has 7 nitrogen and oxygen atoms in total. The van der Waals surface area contributed by atoms with E-state index in [0.717, 1.165) is 23.1 Å². The van der Waals surface area contributed by atoms with Crippen LogP contribution >= 0.6 is 12.2 Å². The van der Waals surface area contributed by atoms with E-state index < -0.39 is 29.5 Å². The molecule has 1 aromatic heterocycles. The van der Waals surface area contributed by atoms with E-state index >= 15 is 0 Å². The summed E-state index contributed by atoms with van der Waals surface area (Å²) in [6, 6.07) is 12.6. The number of carbonyl (C=O) groups is 3. The third-order valence-electron chi connectivity index (χ3n) is 4.86. The number of nitrogens with one attached hydrogen (secondary N) is 1. The first-order valence-electron chi connectivity index (χ1n) is 9.57. The molecule has 172 valence electrons. The van der Waals surface area contributed by atoms with Crippen molar-refractivity contribution in [2.75, 3.05) is 4.90 Å². The Hall–Kier alpha value is -4.25. The van der Waals surface area contributed by atoms with Crippen molar-refractivity contribution in [2.24, 2.45) is 0 Å². The maximum absolute atomic E-state index is 13.0. The van der Waals surface area contributed by atoms with Gasteiger partial charge in [-0.1, -0.05) is 12.1 Å². The summed E-state index contributed by atoms with van der Waals surface area (Å²) in [4.78, 5) is 37.5. The SMILES string of the molecule is O=C1NC(=S)N(c2ccc(C(=O)O)cc2)C(=O)/C1=C/c1ccc(-c2cccc(C(F)(F)F)c2)o1. The number of anilines is 1. The number of amides is 2. The van der Waals surface area contributed by atoms with Crippen LogP contribution in [0.5, 0.6) is 0 Å². The van der Waals surface area contributed by atoms with Crippen molar-refractivity contribution >= 4 is 46.9 Å². The Bertz CT molecular complexity index is 1360. The minimum absolute atomic E-state index is 0.00312. The number of carbonyl (C=O) groups excluding carboxylic acids is 2. The first-order valence-corrected chi connectivity index (χ1v) is 9.98. The lowest BCUT2D eigenvalue weighted by Crippen LogP contribution is -2.54. The quantitative estimate of drug-likeness (QED) is 0.320. The number of hydrogen-bond donors (Lipinski definition) is 2. The van der Waals surface area contributed by atoms with Crippen molar-refractivity contribution in [3.05, 3.63) is 83.1 Å². The van der Waals surface area contributed by atoms with Crippen molar-refractivity contribution in [1.29, 1.82) is 0 Å². The molecule has 0 spiro atoms. The van der Waals surface area contributed by atoms with Crippen molar-refractivity contribution < 1.29 is 37.1 Å². The highest BCUT2D eigenvalue weighted by Crippen LogP contribution is 2.33. The van der Waals surface area contributed by atoms with E-state index in [1.165, 1.54) is 48.5 Å². The minimum atomic E-state index is -4.52. The predicted octanol–water partition coefficient (Wildman–Crippen LogP) is 4.49. The van der Waals surface area contributed by atoms with Gasteiger partial charge in [-0.15, -0.1) is 0 Å². The van der Waals surface area contributed by atoms with Crippen LogP contribution in [-0.4, -0.2) is 28.0 Å². The largest absolute Gasteiger partial charge is 0.478 e. The van der Waals surface area contributed by atoms with Crippen molar-refractivity contribution in [3.63, 3.8) is 0 Å². The topological polar surface area (TPSA) is 99.9 Å². The Morgan fingerprint density at radius 3 is 2.41 bits per heavy atom. The molecular weight excluding hydrogens is 473 g/mol. The van der Waals surface area contributed by atoms with Crippen molar-refractivity contribution in [2.45, 2.75) is 6.18 Å². The van der Waals surface area contributed by atoms with Gasteiger partial charge in [0.15, 0.2) is 5.11 Å². The van der Waals surface area contributed by atoms with Gasteiger partial charge in [-0.3, -0.25) is 19.8 Å². The fourth-order valence-corrected chi connectivity index (χ4v) is 3.50. The lowest BCUT2D eigenvalue weighted by atomic mass is 10.1. The van der Waals surface area contributed by atoms with Crippen LogP contribution < -0.4 is 10.2 Å². The first kappa shape index (κ1) is 22.9. The summed E-state index contributed by atoms with van der Waals surface area (Å²) in [5.41, 5.74) is -0.783. The standard InChI is InChI=1S/C23H13F3N2O5S/c24-23(25,26)14-3-1-2-13(10-14)18-9-8-16(33-18)11-17-19(29)27-22(34)28(20(17)30)15-6-4-12(5-7-15)21(31)32/h1-11H,(H,31,32)(H,27,29,34)/b17-11+. The monoisotopic (exact) mass is 486 g/mol. The van der Waals surface area contributed by atoms with E-state index in [2.05, 4.69) is 5.32 Å². The average molecular weight is 486 g/mol. The molecule has 2 aromatic carbocycles. The molecule has 11 heteroatoms. The molecule has 2 amide bonds. The van der Waals surface area contributed by atoms with Gasteiger partial charge in [0.05, 0.1) is 16.8 Å². The molecule has 34 heavy (non-hydrogen) atoms. The molecule has 1 fully saturated rings. The van der Waals surface area contributed by atoms with Crippen molar-refractivity contribution in [3.8, 4) is 11.3 Å².